The zero-order valence-corrected chi connectivity index (χ0v) is 14.8. The normalized spacial score (nSPS) is 17.2. The summed E-state index contributed by atoms with van der Waals surface area (Å²) in [5.41, 5.74) is 0.893. The van der Waals surface area contributed by atoms with Crippen molar-refractivity contribution in [2.75, 3.05) is 6.61 Å². The van der Waals surface area contributed by atoms with E-state index < -0.39 is 11.8 Å². The van der Waals surface area contributed by atoms with Crippen LogP contribution in [0.4, 0.5) is 10.1 Å². The Balaban J connectivity index is 2.06. The highest BCUT2D eigenvalue weighted by atomic mass is 32.2. The van der Waals surface area contributed by atoms with Crippen molar-refractivity contribution < 1.29 is 19.0 Å². The maximum Gasteiger partial charge on any atom is 0.344 e. The van der Waals surface area contributed by atoms with E-state index in [1.165, 1.54) is 12.1 Å². The molecule has 132 valence electrons. The lowest BCUT2D eigenvalue weighted by Gasteiger charge is -2.04. The molecule has 2 aromatic carbocycles. The summed E-state index contributed by atoms with van der Waals surface area (Å²) in [6.07, 6.45) is 1.74. The van der Waals surface area contributed by atoms with Crippen molar-refractivity contribution in [1.82, 2.24) is 0 Å². The summed E-state index contributed by atoms with van der Waals surface area (Å²) in [4.78, 5) is 17.0. The number of carbonyl (C=O) groups excluding carboxylic acids is 1. The average Bonchev–Trinajstić information content (AvgIpc) is 2.93. The number of hydrogen-bond acceptors (Lipinski definition) is 5. The number of ether oxygens (including phenoxy) is 1. The molecule has 1 aliphatic rings. The molecule has 0 atom stereocenters. The van der Waals surface area contributed by atoms with E-state index in [9.17, 15) is 14.3 Å². The van der Waals surface area contributed by atoms with Crippen LogP contribution in [0.5, 0.6) is 0 Å². The molecule has 0 aliphatic carbocycles. The van der Waals surface area contributed by atoms with E-state index in [4.69, 9.17) is 4.74 Å². The van der Waals surface area contributed by atoms with E-state index in [0.29, 0.717) is 4.91 Å². The number of aliphatic hydroxyl groups excluding tert-OH is 1. The number of hydrogen-bond donors (Lipinski definition) is 1. The Morgan fingerprint density at radius 1 is 1.19 bits per heavy atom. The summed E-state index contributed by atoms with van der Waals surface area (Å²) >= 11 is 1.10. The third kappa shape index (κ3) is 3.86. The number of aliphatic hydroxyl groups is 1. The zero-order valence-electron chi connectivity index (χ0n) is 14.0. The van der Waals surface area contributed by atoms with Gasteiger partial charge >= 0.3 is 5.97 Å². The number of aliphatic imine (C=N–C) groups is 1. The molecular weight excluding hydrogens is 353 g/mol. The Kier molecular flexibility index (Phi) is 5.53. The maximum atomic E-state index is 13.9. The van der Waals surface area contributed by atoms with Gasteiger partial charge in [-0.2, -0.15) is 0 Å². The minimum absolute atomic E-state index is 0.0534. The molecule has 0 saturated carbocycles. The first-order valence-corrected chi connectivity index (χ1v) is 8.80. The summed E-state index contributed by atoms with van der Waals surface area (Å²) in [6, 6.07) is 15.4. The second kappa shape index (κ2) is 8.01. The van der Waals surface area contributed by atoms with E-state index in [1.54, 1.807) is 25.1 Å². The van der Waals surface area contributed by atoms with Gasteiger partial charge in [0.25, 0.3) is 0 Å². The molecule has 0 radical (unpaired) electrons. The summed E-state index contributed by atoms with van der Waals surface area (Å²) in [5, 5.41) is 10.7. The quantitative estimate of drug-likeness (QED) is 0.769. The Bertz CT molecular complexity index is 920. The molecule has 1 aliphatic heterocycles. The number of halogens is 1. The van der Waals surface area contributed by atoms with Crippen LogP contribution in [0.2, 0.25) is 0 Å². The molecular formula is C20H16FNO3S. The van der Waals surface area contributed by atoms with Gasteiger partial charge in [0.05, 0.1) is 11.5 Å². The lowest BCUT2D eigenvalue weighted by Crippen LogP contribution is -2.12. The standard InChI is InChI=1S/C20H16FNO3S/c1-2-25-20(24)17-18(23)16(12-13-8-4-3-5-9-13)26-19(17)22-15-11-7-6-10-14(15)21/h3-12,23H,2H2,1H3. The number of para-hydroxylation sites is 1. The maximum absolute atomic E-state index is 13.9. The topological polar surface area (TPSA) is 58.9 Å². The smallest absolute Gasteiger partial charge is 0.344 e. The van der Waals surface area contributed by atoms with Crippen LogP contribution in [0.1, 0.15) is 12.5 Å². The van der Waals surface area contributed by atoms with Crippen LogP contribution in [0.15, 0.2) is 75.8 Å². The van der Waals surface area contributed by atoms with E-state index in [2.05, 4.69) is 4.99 Å². The molecule has 0 saturated heterocycles. The predicted molar refractivity (Wildman–Crippen MR) is 102 cm³/mol. The molecule has 0 unspecified atom stereocenters. The second-order valence-electron chi connectivity index (χ2n) is 5.33. The fourth-order valence-electron chi connectivity index (χ4n) is 2.34. The predicted octanol–water partition coefficient (Wildman–Crippen LogP) is 5.02. The minimum Gasteiger partial charge on any atom is -0.506 e. The largest absolute Gasteiger partial charge is 0.506 e. The van der Waals surface area contributed by atoms with Crippen LogP contribution in [-0.2, 0) is 9.53 Å². The summed E-state index contributed by atoms with van der Waals surface area (Å²) in [7, 11) is 0. The van der Waals surface area contributed by atoms with E-state index in [-0.39, 0.29) is 28.7 Å². The van der Waals surface area contributed by atoms with Crippen LogP contribution in [0, 0.1) is 5.82 Å². The first kappa shape index (κ1) is 17.9. The third-order valence-electron chi connectivity index (χ3n) is 3.54. The molecule has 0 fully saturated rings. The van der Waals surface area contributed by atoms with E-state index >= 15 is 0 Å². The van der Waals surface area contributed by atoms with Crippen molar-refractivity contribution in [3.63, 3.8) is 0 Å². The molecule has 0 bridgehead atoms. The van der Waals surface area contributed by atoms with Gasteiger partial charge in [-0.1, -0.05) is 54.2 Å². The summed E-state index contributed by atoms with van der Waals surface area (Å²) in [5.74, 6) is -1.42. The molecule has 2 aromatic rings. The van der Waals surface area contributed by atoms with Crippen molar-refractivity contribution in [3.8, 4) is 0 Å². The minimum atomic E-state index is -0.691. The number of rotatable bonds is 4. The number of carbonyl (C=O) groups is 1. The van der Waals surface area contributed by atoms with Gasteiger partial charge in [0.2, 0.25) is 0 Å². The molecule has 26 heavy (non-hydrogen) atoms. The van der Waals surface area contributed by atoms with Crippen molar-refractivity contribution in [1.29, 1.82) is 0 Å². The van der Waals surface area contributed by atoms with Crippen molar-refractivity contribution >= 4 is 34.5 Å². The highest BCUT2D eigenvalue weighted by molar-refractivity contribution is 8.18. The molecule has 4 nitrogen and oxygen atoms in total. The summed E-state index contributed by atoms with van der Waals surface area (Å²) in [6.45, 7) is 1.83. The molecule has 1 heterocycles. The van der Waals surface area contributed by atoms with Crippen LogP contribution in [0.3, 0.4) is 0 Å². The molecule has 0 amide bonds. The van der Waals surface area contributed by atoms with Crippen LogP contribution in [-0.4, -0.2) is 22.7 Å². The molecule has 3 rings (SSSR count). The third-order valence-corrected chi connectivity index (χ3v) is 4.56. The van der Waals surface area contributed by atoms with Crippen LogP contribution < -0.4 is 0 Å². The number of esters is 1. The highest BCUT2D eigenvalue weighted by Crippen LogP contribution is 2.40. The first-order chi connectivity index (χ1) is 12.6. The van der Waals surface area contributed by atoms with E-state index in [1.807, 2.05) is 30.3 Å². The van der Waals surface area contributed by atoms with Gasteiger partial charge in [-0.05, 0) is 30.7 Å². The van der Waals surface area contributed by atoms with Gasteiger partial charge in [-0.3, -0.25) is 0 Å². The number of thioether (sulfide) groups is 1. The fraction of sp³-hybridized carbons (Fsp3) is 0.100. The van der Waals surface area contributed by atoms with Crippen molar-refractivity contribution in [2.45, 2.75) is 6.92 Å². The molecule has 0 aromatic heterocycles. The average molecular weight is 369 g/mol. The van der Waals surface area contributed by atoms with Crippen molar-refractivity contribution in [3.05, 3.63) is 82.2 Å². The Morgan fingerprint density at radius 3 is 2.58 bits per heavy atom. The van der Waals surface area contributed by atoms with Gasteiger partial charge in [0, 0.05) is 0 Å². The second-order valence-corrected chi connectivity index (χ2v) is 6.36. The number of nitrogens with zero attached hydrogens (tertiary/aromatic N) is 1. The lowest BCUT2D eigenvalue weighted by molar-refractivity contribution is -0.138. The fourth-order valence-corrected chi connectivity index (χ4v) is 3.37. The van der Waals surface area contributed by atoms with Gasteiger partial charge in [0.15, 0.2) is 0 Å². The zero-order chi connectivity index (χ0) is 18.5. The van der Waals surface area contributed by atoms with Gasteiger partial charge in [0.1, 0.15) is 27.9 Å². The molecule has 1 N–H and O–H groups in total. The summed E-state index contributed by atoms with van der Waals surface area (Å²) < 4.78 is 19.0. The number of benzene rings is 2. The van der Waals surface area contributed by atoms with Gasteiger partial charge < -0.3 is 9.84 Å². The molecule has 0 spiro atoms. The van der Waals surface area contributed by atoms with Crippen molar-refractivity contribution in [2.24, 2.45) is 4.99 Å². The van der Waals surface area contributed by atoms with Gasteiger partial charge in [-0.15, -0.1) is 0 Å². The lowest BCUT2D eigenvalue weighted by atomic mass is 10.1. The Labute approximate surface area is 154 Å². The van der Waals surface area contributed by atoms with Gasteiger partial charge in [-0.25, -0.2) is 14.2 Å². The van der Waals surface area contributed by atoms with Crippen LogP contribution >= 0.6 is 11.8 Å². The first-order valence-electron chi connectivity index (χ1n) is 7.99. The Hall–Kier alpha value is -2.86. The van der Waals surface area contributed by atoms with Crippen LogP contribution in [0.25, 0.3) is 6.08 Å². The Morgan fingerprint density at radius 2 is 1.88 bits per heavy atom. The van der Waals surface area contributed by atoms with E-state index in [0.717, 1.165) is 17.3 Å². The SMILES string of the molecule is CCOC(=O)C1=C(O)C(=Cc2ccccc2)SC1=Nc1ccccc1F. The highest BCUT2D eigenvalue weighted by Gasteiger charge is 2.33. The monoisotopic (exact) mass is 369 g/mol. The molecule has 6 heteroatoms.